The number of nitrogens with two attached hydrogens (primary N) is 1. The topological polar surface area (TPSA) is 55.5 Å². The molecule has 0 amide bonds. The molecule has 1 aliphatic carbocycles. The van der Waals surface area contributed by atoms with E-state index in [1.165, 1.54) is 24.0 Å². The molecule has 3 N–H and O–H groups in total. The molecule has 0 aliphatic heterocycles. The number of benzene rings is 1. The van der Waals surface area contributed by atoms with Gasteiger partial charge in [0.15, 0.2) is 0 Å². The largest absolute Gasteiger partial charge is 0.491 e. The van der Waals surface area contributed by atoms with Gasteiger partial charge in [0.2, 0.25) is 0 Å². The lowest BCUT2D eigenvalue weighted by atomic mass is 9.99. The normalized spacial score (nSPS) is 19.1. The molecular formula is C15H23NO2. The molecule has 3 heteroatoms. The highest BCUT2D eigenvalue weighted by Gasteiger charge is 2.22. The molecule has 3 nitrogen and oxygen atoms in total. The molecule has 2 unspecified atom stereocenters. The first-order chi connectivity index (χ1) is 8.50. The third-order valence-corrected chi connectivity index (χ3v) is 3.57. The standard InChI is InChI=1S/C15H23NO2/c1-11(9-15(2,17)10-16)18-14-7-6-12-4-3-5-13(12)8-14/h6-8,11,17H,3-5,9-10,16H2,1-2H3. The minimum Gasteiger partial charge on any atom is -0.491 e. The van der Waals surface area contributed by atoms with Crippen molar-refractivity contribution in [2.45, 2.75) is 51.2 Å². The zero-order valence-electron chi connectivity index (χ0n) is 11.3. The van der Waals surface area contributed by atoms with E-state index in [2.05, 4.69) is 12.1 Å². The van der Waals surface area contributed by atoms with E-state index in [1.54, 1.807) is 6.92 Å². The van der Waals surface area contributed by atoms with Crippen LogP contribution in [-0.2, 0) is 12.8 Å². The van der Waals surface area contributed by atoms with Gasteiger partial charge in [0.1, 0.15) is 5.75 Å². The van der Waals surface area contributed by atoms with Gasteiger partial charge in [-0.2, -0.15) is 0 Å². The summed E-state index contributed by atoms with van der Waals surface area (Å²) < 4.78 is 5.86. The van der Waals surface area contributed by atoms with Gasteiger partial charge in [-0.25, -0.2) is 0 Å². The molecule has 0 bridgehead atoms. The Balaban J connectivity index is 1.97. The lowest BCUT2D eigenvalue weighted by molar-refractivity contribution is 0.0237. The van der Waals surface area contributed by atoms with E-state index in [9.17, 15) is 5.11 Å². The Bertz CT molecular complexity index is 415. The first kappa shape index (κ1) is 13.4. The summed E-state index contributed by atoms with van der Waals surface area (Å²) in [6.07, 6.45) is 4.09. The summed E-state index contributed by atoms with van der Waals surface area (Å²) in [5, 5.41) is 9.92. The second-order valence-electron chi connectivity index (χ2n) is 5.62. The molecule has 1 aromatic rings. The summed E-state index contributed by atoms with van der Waals surface area (Å²) in [4.78, 5) is 0. The van der Waals surface area contributed by atoms with Crippen molar-refractivity contribution in [1.82, 2.24) is 0 Å². The Hall–Kier alpha value is -1.06. The number of hydrogen-bond donors (Lipinski definition) is 2. The van der Waals surface area contributed by atoms with Gasteiger partial charge >= 0.3 is 0 Å². The minimum atomic E-state index is -0.851. The van der Waals surface area contributed by atoms with Crippen molar-refractivity contribution in [2.75, 3.05) is 6.54 Å². The summed E-state index contributed by atoms with van der Waals surface area (Å²) in [7, 11) is 0. The Morgan fingerprint density at radius 2 is 2.11 bits per heavy atom. The molecule has 100 valence electrons. The van der Waals surface area contributed by atoms with Crippen LogP contribution in [0.1, 0.15) is 37.8 Å². The molecule has 0 heterocycles. The van der Waals surface area contributed by atoms with Crippen molar-refractivity contribution < 1.29 is 9.84 Å². The number of aryl methyl sites for hydroxylation is 2. The van der Waals surface area contributed by atoms with Crippen LogP contribution in [0.4, 0.5) is 0 Å². The number of aliphatic hydroxyl groups is 1. The Morgan fingerprint density at radius 3 is 2.83 bits per heavy atom. The first-order valence-corrected chi connectivity index (χ1v) is 6.71. The van der Waals surface area contributed by atoms with Crippen molar-refractivity contribution >= 4 is 0 Å². The van der Waals surface area contributed by atoms with Crippen molar-refractivity contribution in [3.8, 4) is 5.75 Å². The lowest BCUT2D eigenvalue weighted by Crippen LogP contribution is -2.38. The van der Waals surface area contributed by atoms with E-state index in [1.807, 2.05) is 13.0 Å². The van der Waals surface area contributed by atoms with Gasteiger partial charge in [0, 0.05) is 13.0 Å². The average molecular weight is 249 g/mol. The van der Waals surface area contributed by atoms with Crippen LogP contribution in [0.15, 0.2) is 18.2 Å². The van der Waals surface area contributed by atoms with Gasteiger partial charge in [-0.05, 0) is 56.4 Å². The predicted molar refractivity (Wildman–Crippen MR) is 72.9 cm³/mol. The van der Waals surface area contributed by atoms with Crippen molar-refractivity contribution in [1.29, 1.82) is 0 Å². The number of ether oxygens (including phenoxy) is 1. The second kappa shape index (κ2) is 5.29. The quantitative estimate of drug-likeness (QED) is 0.839. The van der Waals surface area contributed by atoms with Gasteiger partial charge in [-0.3, -0.25) is 0 Å². The van der Waals surface area contributed by atoms with E-state index < -0.39 is 5.60 Å². The third kappa shape index (κ3) is 3.24. The van der Waals surface area contributed by atoms with E-state index in [-0.39, 0.29) is 12.6 Å². The van der Waals surface area contributed by atoms with Crippen LogP contribution < -0.4 is 10.5 Å². The van der Waals surface area contributed by atoms with E-state index in [0.29, 0.717) is 6.42 Å². The third-order valence-electron chi connectivity index (χ3n) is 3.57. The molecule has 1 aliphatic rings. The van der Waals surface area contributed by atoms with E-state index in [4.69, 9.17) is 10.5 Å². The van der Waals surface area contributed by atoms with Gasteiger partial charge in [0.05, 0.1) is 11.7 Å². The van der Waals surface area contributed by atoms with E-state index in [0.717, 1.165) is 12.2 Å². The fourth-order valence-electron chi connectivity index (χ4n) is 2.60. The summed E-state index contributed by atoms with van der Waals surface area (Å²) in [5.41, 5.74) is 7.52. The highest BCUT2D eigenvalue weighted by molar-refractivity contribution is 5.38. The van der Waals surface area contributed by atoms with Gasteiger partial charge in [-0.15, -0.1) is 0 Å². The summed E-state index contributed by atoms with van der Waals surface area (Å²) in [5.74, 6) is 0.899. The molecule has 1 aromatic carbocycles. The fourth-order valence-corrected chi connectivity index (χ4v) is 2.60. The maximum Gasteiger partial charge on any atom is 0.119 e. The molecule has 0 aromatic heterocycles. The molecule has 0 fully saturated rings. The molecule has 0 radical (unpaired) electrons. The average Bonchev–Trinajstić information content (AvgIpc) is 2.75. The maximum absolute atomic E-state index is 9.92. The van der Waals surface area contributed by atoms with Gasteiger partial charge in [-0.1, -0.05) is 6.07 Å². The number of rotatable bonds is 5. The van der Waals surface area contributed by atoms with Crippen LogP contribution >= 0.6 is 0 Å². The zero-order chi connectivity index (χ0) is 13.2. The van der Waals surface area contributed by atoms with Crippen molar-refractivity contribution in [3.63, 3.8) is 0 Å². The van der Waals surface area contributed by atoms with Gasteiger partial charge in [0.25, 0.3) is 0 Å². The zero-order valence-corrected chi connectivity index (χ0v) is 11.3. The highest BCUT2D eigenvalue weighted by Crippen LogP contribution is 2.27. The Kier molecular flexibility index (Phi) is 3.93. The predicted octanol–water partition coefficient (Wildman–Crippen LogP) is 2.04. The smallest absolute Gasteiger partial charge is 0.119 e. The summed E-state index contributed by atoms with van der Waals surface area (Å²) in [6.45, 7) is 3.97. The van der Waals surface area contributed by atoms with Crippen LogP contribution in [0.3, 0.4) is 0 Å². The van der Waals surface area contributed by atoms with E-state index >= 15 is 0 Å². The molecule has 2 rings (SSSR count). The van der Waals surface area contributed by atoms with Crippen molar-refractivity contribution in [2.24, 2.45) is 5.73 Å². The monoisotopic (exact) mass is 249 g/mol. The first-order valence-electron chi connectivity index (χ1n) is 6.71. The fraction of sp³-hybridized carbons (Fsp3) is 0.600. The van der Waals surface area contributed by atoms with Crippen LogP contribution in [0.2, 0.25) is 0 Å². The van der Waals surface area contributed by atoms with Crippen molar-refractivity contribution in [3.05, 3.63) is 29.3 Å². The highest BCUT2D eigenvalue weighted by atomic mass is 16.5. The Labute approximate surface area is 109 Å². The second-order valence-corrected chi connectivity index (χ2v) is 5.62. The maximum atomic E-state index is 9.92. The lowest BCUT2D eigenvalue weighted by Gasteiger charge is -2.25. The molecule has 0 spiro atoms. The number of fused-ring (bicyclic) bond motifs is 1. The van der Waals surface area contributed by atoms with Crippen LogP contribution in [-0.4, -0.2) is 23.4 Å². The summed E-state index contributed by atoms with van der Waals surface area (Å²) in [6, 6.07) is 6.32. The molecule has 18 heavy (non-hydrogen) atoms. The van der Waals surface area contributed by atoms with Crippen LogP contribution in [0, 0.1) is 0 Å². The molecule has 0 saturated heterocycles. The summed E-state index contributed by atoms with van der Waals surface area (Å²) >= 11 is 0. The SMILES string of the molecule is CC(CC(C)(O)CN)Oc1ccc2c(c1)CCC2. The molecule has 2 atom stereocenters. The van der Waals surface area contributed by atoms with Gasteiger partial charge < -0.3 is 15.6 Å². The number of hydrogen-bond acceptors (Lipinski definition) is 3. The Morgan fingerprint density at radius 1 is 1.39 bits per heavy atom. The van der Waals surface area contributed by atoms with Crippen LogP contribution in [0.5, 0.6) is 5.75 Å². The molecule has 0 saturated carbocycles. The minimum absolute atomic E-state index is 0.0389. The van der Waals surface area contributed by atoms with Crippen LogP contribution in [0.25, 0.3) is 0 Å². The molecular weight excluding hydrogens is 226 g/mol.